The standard InChI is InChI=1S/C13H14N2O2/c1-3-6-15(7-4-2)13(16)11-9-12-10(14-11)5-8-17-12/h3-5,8-9,14H,1-2,6-7H2. The average molecular weight is 230 g/mol. The molecular formula is C13H14N2O2. The van der Waals surface area contributed by atoms with Gasteiger partial charge in [-0.3, -0.25) is 4.79 Å². The van der Waals surface area contributed by atoms with E-state index in [9.17, 15) is 4.79 Å². The average Bonchev–Trinajstić information content (AvgIpc) is 2.87. The van der Waals surface area contributed by atoms with Gasteiger partial charge in [0.15, 0.2) is 5.58 Å². The normalized spacial score (nSPS) is 10.4. The molecule has 88 valence electrons. The molecule has 0 aliphatic carbocycles. The van der Waals surface area contributed by atoms with Crippen molar-refractivity contribution in [2.24, 2.45) is 0 Å². The van der Waals surface area contributed by atoms with Crippen LogP contribution >= 0.6 is 0 Å². The summed E-state index contributed by atoms with van der Waals surface area (Å²) in [5.41, 5.74) is 2.03. The lowest BCUT2D eigenvalue weighted by Gasteiger charge is -2.18. The summed E-state index contributed by atoms with van der Waals surface area (Å²) in [4.78, 5) is 16.8. The second-order valence-corrected chi connectivity index (χ2v) is 3.67. The zero-order valence-corrected chi connectivity index (χ0v) is 9.48. The summed E-state index contributed by atoms with van der Waals surface area (Å²) in [5, 5.41) is 0. The Bertz CT molecular complexity index is 512. The number of hydrogen-bond acceptors (Lipinski definition) is 2. The maximum absolute atomic E-state index is 12.1. The Kier molecular flexibility index (Phi) is 3.14. The molecule has 0 aliphatic rings. The summed E-state index contributed by atoms with van der Waals surface area (Å²) in [6.45, 7) is 8.25. The van der Waals surface area contributed by atoms with E-state index in [1.54, 1.807) is 35.4 Å². The zero-order valence-electron chi connectivity index (χ0n) is 9.48. The number of aromatic amines is 1. The third-order valence-electron chi connectivity index (χ3n) is 2.46. The van der Waals surface area contributed by atoms with Crippen LogP contribution in [0, 0.1) is 0 Å². The second-order valence-electron chi connectivity index (χ2n) is 3.67. The van der Waals surface area contributed by atoms with Crippen molar-refractivity contribution in [2.75, 3.05) is 13.1 Å². The number of aromatic nitrogens is 1. The fourth-order valence-corrected chi connectivity index (χ4v) is 1.69. The topological polar surface area (TPSA) is 49.2 Å². The van der Waals surface area contributed by atoms with Gasteiger partial charge in [0.1, 0.15) is 5.69 Å². The molecule has 0 saturated heterocycles. The van der Waals surface area contributed by atoms with Crippen molar-refractivity contribution in [3.8, 4) is 0 Å². The predicted octanol–water partition coefficient (Wildman–Crippen LogP) is 2.58. The summed E-state index contributed by atoms with van der Waals surface area (Å²) < 4.78 is 5.21. The minimum Gasteiger partial charge on any atom is -0.463 e. The Morgan fingerprint density at radius 1 is 1.41 bits per heavy atom. The molecule has 0 saturated carbocycles. The third kappa shape index (κ3) is 2.15. The number of hydrogen-bond donors (Lipinski definition) is 1. The number of nitrogens with one attached hydrogen (secondary N) is 1. The molecule has 0 spiro atoms. The van der Waals surface area contributed by atoms with E-state index in [4.69, 9.17) is 4.42 Å². The Balaban J connectivity index is 2.25. The second kappa shape index (κ2) is 4.74. The minimum atomic E-state index is -0.0869. The van der Waals surface area contributed by atoms with Crippen molar-refractivity contribution < 1.29 is 9.21 Å². The van der Waals surface area contributed by atoms with Gasteiger partial charge in [-0.25, -0.2) is 0 Å². The highest BCUT2D eigenvalue weighted by Gasteiger charge is 2.16. The molecule has 1 N–H and O–H groups in total. The molecular weight excluding hydrogens is 216 g/mol. The molecule has 2 aromatic heterocycles. The first-order valence-corrected chi connectivity index (χ1v) is 5.33. The van der Waals surface area contributed by atoms with E-state index in [0.717, 1.165) is 5.52 Å². The van der Waals surface area contributed by atoms with E-state index in [0.29, 0.717) is 24.4 Å². The molecule has 0 aromatic carbocycles. The van der Waals surface area contributed by atoms with E-state index in [-0.39, 0.29) is 5.91 Å². The molecule has 17 heavy (non-hydrogen) atoms. The summed E-state index contributed by atoms with van der Waals surface area (Å²) >= 11 is 0. The Morgan fingerprint density at radius 2 is 2.12 bits per heavy atom. The van der Waals surface area contributed by atoms with Crippen LogP contribution < -0.4 is 0 Å². The maximum Gasteiger partial charge on any atom is 0.270 e. The van der Waals surface area contributed by atoms with Gasteiger partial charge in [0.25, 0.3) is 5.91 Å². The number of nitrogens with zero attached hydrogens (tertiary/aromatic N) is 1. The van der Waals surface area contributed by atoms with Crippen molar-refractivity contribution in [3.63, 3.8) is 0 Å². The molecule has 0 unspecified atom stereocenters. The number of amides is 1. The van der Waals surface area contributed by atoms with Crippen LogP contribution in [0.1, 0.15) is 10.5 Å². The highest BCUT2D eigenvalue weighted by molar-refractivity contribution is 5.96. The Labute approximate surface area is 99.2 Å². The predicted molar refractivity (Wildman–Crippen MR) is 66.9 cm³/mol. The van der Waals surface area contributed by atoms with Gasteiger partial charge in [0.05, 0.1) is 11.8 Å². The van der Waals surface area contributed by atoms with Crippen molar-refractivity contribution in [3.05, 3.63) is 49.4 Å². The van der Waals surface area contributed by atoms with Crippen LogP contribution in [0.2, 0.25) is 0 Å². The highest BCUT2D eigenvalue weighted by atomic mass is 16.3. The van der Waals surface area contributed by atoms with Crippen molar-refractivity contribution in [2.45, 2.75) is 0 Å². The summed E-state index contributed by atoms with van der Waals surface area (Å²) in [6, 6.07) is 3.49. The first-order valence-electron chi connectivity index (χ1n) is 5.33. The summed E-state index contributed by atoms with van der Waals surface area (Å²) in [7, 11) is 0. The highest BCUT2D eigenvalue weighted by Crippen LogP contribution is 2.17. The molecule has 0 fully saturated rings. The van der Waals surface area contributed by atoms with Gasteiger partial charge in [-0.2, -0.15) is 0 Å². The lowest BCUT2D eigenvalue weighted by atomic mass is 10.3. The fourth-order valence-electron chi connectivity index (χ4n) is 1.69. The molecule has 1 amide bonds. The molecule has 0 aliphatic heterocycles. The van der Waals surface area contributed by atoms with Gasteiger partial charge in [-0.15, -0.1) is 13.2 Å². The van der Waals surface area contributed by atoms with E-state index in [1.807, 2.05) is 0 Å². The Hall–Kier alpha value is -2.23. The number of H-pyrrole nitrogens is 1. The third-order valence-corrected chi connectivity index (χ3v) is 2.46. The monoisotopic (exact) mass is 230 g/mol. The first kappa shape index (κ1) is 11.3. The van der Waals surface area contributed by atoms with E-state index in [1.165, 1.54) is 0 Å². The number of carbonyl (C=O) groups excluding carboxylic acids is 1. The van der Waals surface area contributed by atoms with Crippen LogP contribution in [0.25, 0.3) is 11.1 Å². The smallest absolute Gasteiger partial charge is 0.270 e. The molecule has 2 aromatic rings. The van der Waals surface area contributed by atoms with Crippen molar-refractivity contribution in [1.29, 1.82) is 0 Å². The number of rotatable bonds is 5. The molecule has 0 atom stereocenters. The fraction of sp³-hybridized carbons (Fsp3) is 0.154. The SMILES string of the molecule is C=CCN(CC=C)C(=O)c1cc2occc2[nH]1. The van der Waals surface area contributed by atoms with Gasteiger partial charge in [-0.05, 0) is 0 Å². The first-order chi connectivity index (χ1) is 8.26. The summed E-state index contributed by atoms with van der Waals surface area (Å²) in [5.74, 6) is -0.0869. The van der Waals surface area contributed by atoms with Gasteiger partial charge in [-0.1, -0.05) is 12.2 Å². The van der Waals surface area contributed by atoms with Gasteiger partial charge < -0.3 is 14.3 Å². The number of fused-ring (bicyclic) bond motifs is 1. The van der Waals surface area contributed by atoms with E-state index >= 15 is 0 Å². The quantitative estimate of drug-likeness (QED) is 0.802. The molecule has 4 nitrogen and oxygen atoms in total. The lowest BCUT2D eigenvalue weighted by molar-refractivity contribution is 0.0786. The van der Waals surface area contributed by atoms with E-state index < -0.39 is 0 Å². The van der Waals surface area contributed by atoms with Gasteiger partial charge >= 0.3 is 0 Å². The largest absolute Gasteiger partial charge is 0.463 e. The van der Waals surface area contributed by atoms with Crippen LogP contribution in [0.4, 0.5) is 0 Å². The van der Waals surface area contributed by atoms with Crippen LogP contribution in [0.5, 0.6) is 0 Å². The van der Waals surface area contributed by atoms with Gasteiger partial charge in [0.2, 0.25) is 0 Å². The molecule has 0 radical (unpaired) electrons. The van der Waals surface area contributed by atoms with Crippen LogP contribution in [-0.2, 0) is 0 Å². The van der Waals surface area contributed by atoms with E-state index in [2.05, 4.69) is 18.1 Å². The lowest BCUT2D eigenvalue weighted by Crippen LogP contribution is -2.31. The molecule has 2 heterocycles. The Morgan fingerprint density at radius 3 is 2.71 bits per heavy atom. The summed E-state index contributed by atoms with van der Waals surface area (Å²) in [6.07, 6.45) is 4.96. The van der Waals surface area contributed by atoms with Crippen LogP contribution in [0.15, 0.2) is 48.1 Å². The van der Waals surface area contributed by atoms with Crippen LogP contribution in [-0.4, -0.2) is 28.9 Å². The molecule has 0 bridgehead atoms. The van der Waals surface area contributed by atoms with Crippen molar-refractivity contribution in [1.82, 2.24) is 9.88 Å². The zero-order chi connectivity index (χ0) is 12.3. The van der Waals surface area contributed by atoms with Crippen LogP contribution in [0.3, 0.4) is 0 Å². The minimum absolute atomic E-state index is 0.0869. The number of carbonyl (C=O) groups is 1. The van der Waals surface area contributed by atoms with Crippen molar-refractivity contribution >= 4 is 17.0 Å². The number of furan rings is 1. The molecule has 4 heteroatoms. The maximum atomic E-state index is 12.1. The van der Waals surface area contributed by atoms with Gasteiger partial charge in [0, 0.05) is 25.2 Å². The molecule has 2 rings (SSSR count).